The summed E-state index contributed by atoms with van der Waals surface area (Å²) in [6.45, 7) is 4.06. The fourth-order valence-corrected chi connectivity index (χ4v) is 4.21. The van der Waals surface area contributed by atoms with Gasteiger partial charge in [-0.25, -0.2) is 0 Å². The van der Waals surface area contributed by atoms with Crippen molar-refractivity contribution in [2.45, 2.75) is 31.2 Å². The molecule has 0 heterocycles. The molecular formula is C20H22N6O9S. The van der Waals surface area contributed by atoms with Crippen molar-refractivity contribution < 1.29 is 24.5 Å². The SMILES string of the molecule is CC(C)CCNC(=O)C(CSc1c([N+](=O)[O-])cccc1[N+](=O)[O-])Nc1c([N+](=O)[O-])cccc1[N+](=O)[O-]. The predicted octanol–water partition coefficient (Wildman–Crippen LogP) is 4.05. The zero-order valence-electron chi connectivity index (χ0n) is 19.1. The molecule has 1 amide bonds. The van der Waals surface area contributed by atoms with E-state index in [4.69, 9.17) is 0 Å². The Morgan fingerprint density at radius 1 is 0.833 bits per heavy atom. The third-order valence-corrected chi connectivity index (χ3v) is 6.04. The van der Waals surface area contributed by atoms with Crippen LogP contribution in [0.4, 0.5) is 28.4 Å². The molecule has 0 saturated heterocycles. The molecule has 0 aliphatic carbocycles. The van der Waals surface area contributed by atoms with E-state index in [0.29, 0.717) is 18.2 Å². The van der Waals surface area contributed by atoms with E-state index < -0.39 is 60.1 Å². The fourth-order valence-electron chi connectivity index (χ4n) is 3.06. The molecule has 0 aliphatic rings. The Bertz CT molecular complexity index is 1130. The summed E-state index contributed by atoms with van der Waals surface area (Å²) in [4.78, 5) is 55.2. The number of nitro groups is 4. The van der Waals surface area contributed by atoms with Gasteiger partial charge >= 0.3 is 0 Å². The number of para-hydroxylation sites is 1. The monoisotopic (exact) mass is 522 g/mol. The van der Waals surface area contributed by atoms with Gasteiger partial charge in [0.1, 0.15) is 6.04 Å². The molecule has 0 aromatic heterocycles. The summed E-state index contributed by atoms with van der Waals surface area (Å²) < 4.78 is 0. The first-order valence-electron chi connectivity index (χ1n) is 10.4. The second-order valence-corrected chi connectivity index (χ2v) is 8.84. The van der Waals surface area contributed by atoms with Gasteiger partial charge in [0.15, 0.2) is 10.6 Å². The first kappa shape index (κ1) is 27.9. The minimum absolute atomic E-state index is 0.226. The zero-order valence-corrected chi connectivity index (χ0v) is 19.9. The smallest absolute Gasteiger partial charge is 0.299 e. The van der Waals surface area contributed by atoms with Crippen molar-refractivity contribution in [3.63, 3.8) is 0 Å². The van der Waals surface area contributed by atoms with Gasteiger partial charge in [0, 0.05) is 36.6 Å². The lowest BCUT2D eigenvalue weighted by atomic mass is 10.1. The standard InChI is InChI=1S/C20H22N6O9S/c1-12(2)9-10-21-20(27)13(22-18-14(23(28)29)5-3-6-15(18)24(30)31)11-36-19-16(25(32)33)7-4-8-17(19)26(34)35/h3-8,12-13,22H,9-11H2,1-2H3,(H,21,27). The van der Waals surface area contributed by atoms with E-state index in [0.717, 1.165) is 36.4 Å². The Labute approximate surface area is 207 Å². The van der Waals surface area contributed by atoms with Crippen molar-refractivity contribution in [3.8, 4) is 0 Å². The molecule has 192 valence electrons. The van der Waals surface area contributed by atoms with Crippen LogP contribution in [0.1, 0.15) is 20.3 Å². The van der Waals surface area contributed by atoms with Gasteiger partial charge in [-0.15, -0.1) is 11.8 Å². The average Bonchev–Trinajstić information content (AvgIpc) is 2.80. The highest BCUT2D eigenvalue weighted by molar-refractivity contribution is 7.99. The minimum atomic E-state index is -1.37. The summed E-state index contributed by atoms with van der Waals surface area (Å²) in [6, 6.07) is 5.05. The molecule has 16 heteroatoms. The van der Waals surface area contributed by atoms with E-state index in [-0.39, 0.29) is 23.1 Å². The number of rotatable bonds is 13. The zero-order chi connectivity index (χ0) is 27.0. The van der Waals surface area contributed by atoms with Gasteiger partial charge < -0.3 is 10.6 Å². The van der Waals surface area contributed by atoms with Crippen LogP contribution < -0.4 is 10.6 Å². The van der Waals surface area contributed by atoms with E-state index in [1.165, 1.54) is 0 Å². The quantitative estimate of drug-likeness (QED) is 0.217. The van der Waals surface area contributed by atoms with Gasteiger partial charge in [-0.2, -0.15) is 0 Å². The van der Waals surface area contributed by atoms with Crippen LogP contribution in [-0.4, -0.2) is 43.9 Å². The second kappa shape index (κ2) is 12.4. The molecule has 0 radical (unpaired) electrons. The number of anilines is 1. The summed E-state index contributed by atoms with van der Waals surface area (Å²) in [7, 11) is 0. The van der Waals surface area contributed by atoms with Crippen LogP contribution in [0.25, 0.3) is 0 Å². The molecule has 36 heavy (non-hydrogen) atoms. The van der Waals surface area contributed by atoms with Crippen LogP contribution in [0.5, 0.6) is 0 Å². The predicted molar refractivity (Wildman–Crippen MR) is 130 cm³/mol. The van der Waals surface area contributed by atoms with Crippen LogP contribution in [-0.2, 0) is 4.79 Å². The van der Waals surface area contributed by atoms with Gasteiger partial charge in [0.2, 0.25) is 5.91 Å². The summed E-state index contributed by atoms with van der Waals surface area (Å²) in [6.07, 6.45) is 0.590. The van der Waals surface area contributed by atoms with E-state index in [2.05, 4.69) is 10.6 Å². The van der Waals surface area contributed by atoms with Gasteiger partial charge in [-0.1, -0.05) is 13.8 Å². The Hall–Kier alpha value is -4.34. The van der Waals surface area contributed by atoms with Crippen LogP contribution >= 0.6 is 11.8 Å². The molecule has 1 atom stereocenters. The highest BCUT2D eigenvalue weighted by Crippen LogP contribution is 2.39. The molecule has 0 saturated carbocycles. The number of nitrogens with one attached hydrogen (secondary N) is 2. The maximum Gasteiger partial charge on any atom is 0.299 e. The van der Waals surface area contributed by atoms with Crippen molar-refractivity contribution in [2.75, 3.05) is 17.6 Å². The molecule has 0 spiro atoms. The van der Waals surface area contributed by atoms with E-state index >= 15 is 0 Å². The van der Waals surface area contributed by atoms with Crippen molar-refractivity contribution >= 4 is 46.1 Å². The molecule has 15 nitrogen and oxygen atoms in total. The average molecular weight is 522 g/mol. The highest BCUT2D eigenvalue weighted by Gasteiger charge is 2.32. The first-order valence-corrected chi connectivity index (χ1v) is 11.4. The fraction of sp³-hybridized carbons (Fsp3) is 0.350. The first-order chi connectivity index (χ1) is 16.9. The summed E-state index contributed by atoms with van der Waals surface area (Å²) >= 11 is 0.608. The Balaban J connectivity index is 2.48. The van der Waals surface area contributed by atoms with E-state index in [1.54, 1.807) is 0 Å². The van der Waals surface area contributed by atoms with Crippen molar-refractivity contribution in [2.24, 2.45) is 5.92 Å². The van der Waals surface area contributed by atoms with Crippen molar-refractivity contribution in [3.05, 3.63) is 76.9 Å². The molecular weight excluding hydrogens is 500 g/mol. The van der Waals surface area contributed by atoms with Crippen molar-refractivity contribution in [1.29, 1.82) is 0 Å². The molecule has 2 aromatic carbocycles. The number of nitrogens with zero attached hydrogens (tertiary/aromatic N) is 4. The molecule has 0 bridgehead atoms. The Morgan fingerprint density at radius 3 is 1.69 bits per heavy atom. The number of amides is 1. The molecule has 0 aliphatic heterocycles. The third kappa shape index (κ3) is 7.08. The molecule has 1 unspecified atom stereocenters. The summed E-state index contributed by atoms with van der Waals surface area (Å²) in [5, 5.41) is 51.0. The van der Waals surface area contributed by atoms with Gasteiger partial charge in [0.25, 0.3) is 22.7 Å². The largest absolute Gasteiger partial charge is 0.362 e. The summed E-state index contributed by atoms with van der Waals surface area (Å²) in [5.74, 6) is -0.837. The molecule has 2 rings (SSSR count). The van der Waals surface area contributed by atoms with Crippen LogP contribution in [0, 0.1) is 46.4 Å². The van der Waals surface area contributed by atoms with Gasteiger partial charge in [0.05, 0.1) is 19.7 Å². The van der Waals surface area contributed by atoms with Gasteiger partial charge in [-0.05, 0) is 24.5 Å². The van der Waals surface area contributed by atoms with Crippen molar-refractivity contribution in [1.82, 2.24) is 5.32 Å². The van der Waals surface area contributed by atoms with Crippen LogP contribution in [0.3, 0.4) is 0 Å². The number of carbonyl (C=O) groups is 1. The van der Waals surface area contributed by atoms with E-state index in [1.807, 2.05) is 13.8 Å². The topological polar surface area (TPSA) is 214 Å². The summed E-state index contributed by atoms with van der Waals surface area (Å²) in [5.41, 5.74) is -2.99. The normalized spacial score (nSPS) is 11.5. The second-order valence-electron chi connectivity index (χ2n) is 7.81. The number of hydrogen-bond acceptors (Lipinski definition) is 11. The lowest BCUT2D eigenvalue weighted by Gasteiger charge is -2.19. The Kier molecular flexibility index (Phi) is 9.60. The molecule has 2 N–H and O–H groups in total. The van der Waals surface area contributed by atoms with Crippen LogP contribution in [0.15, 0.2) is 41.3 Å². The van der Waals surface area contributed by atoms with E-state index in [9.17, 15) is 45.3 Å². The lowest BCUT2D eigenvalue weighted by molar-refractivity contribution is -0.399. The maximum atomic E-state index is 13.0. The van der Waals surface area contributed by atoms with Crippen LogP contribution in [0.2, 0.25) is 0 Å². The number of thioether (sulfide) groups is 1. The minimum Gasteiger partial charge on any atom is -0.362 e. The number of benzene rings is 2. The number of nitro benzene ring substituents is 4. The molecule has 0 fully saturated rings. The maximum absolute atomic E-state index is 13.0. The Morgan fingerprint density at radius 2 is 1.28 bits per heavy atom. The third-order valence-electron chi connectivity index (χ3n) is 4.83. The molecule has 2 aromatic rings. The highest BCUT2D eigenvalue weighted by atomic mass is 32.2. The lowest BCUT2D eigenvalue weighted by Crippen LogP contribution is -2.42. The number of carbonyl (C=O) groups excluding carboxylic acids is 1. The van der Waals surface area contributed by atoms with Gasteiger partial charge in [-0.3, -0.25) is 45.3 Å². The number of hydrogen-bond donors (Lipinski definition) is 2.